The van der Waals surface area contributed by atoms with Crippen LogP contribution in [0.3, 0.4) is 0 Å². The van der Waals surface area contributed by atoms with Crippen LogP contribution in [0.25, 0.3) is 0 Å². The molecular formula is C10H15N5O2. The van der Waals surface area contributed by atoms with E-state index in [0.29, 0.717) is 24.3 Å². The lowest BCUT2D eigenvalue weighted by atomic mass is 10.1. The molecule has 1 aromatic heterocycles. The van der Waals surface area contributed by atoms with Crippen LogP contribution in [0.2, 0.25) is 0 Å². The average Bonchev–Trinajstić information content (AvgIpc) is 2.63. The van der Waals surface area contributed by atoms with Gasteiger partial charge in [-0.3, -0.25) is 14.3 Å². The van der Waals surface area contributed by atoms with Gasteiger partial charge in [0, 0.05) is 13.6 Å². The summed E-state index contributed by atoms with van der Waals surface area (Å²) >= 11 is 0. The van der Waals surface area contributed by atoms with Crippen molar-refractivity contribution in [1.82, 2.24) is 20.4 Å². The van der Waals surface area contributed by atoms with Gasteiger partial charge in [0.15, 0.2) is 0 Å². The van der Waals surface area contributed by atoms with Crippen molar-refractivity contribution in [2.45, 2.75) is 18.9 Å². The second-order valence-corrected chi connectivity index (χ2v) is 4.03. The van der Waals surface area contributed by atoms with Crippen LogP contribution in [0.15, 0.2) is 6.20 Å². The number of aryl methyl sites for hydroxylation is 1. The molecular weight excluding hydrogens is 222 g/mol. The highest BCUT2D eigenvalue weighted by atomic mass is 16.2. The first-order chi connectivity index (χ1) is 8.09. The SMILES string of the molecule is Cn1ncc(C(=O)NC2CCCNC2=O)c1N. The summed E-state index contributed by atoms with van der Waals surface area (Å²) in [5.41, 5.74) is 5.98. The molecule has 1 aromatic rings. The van der Waals surface area contributed by atoms with Crippen LogP contribution >= 0.6 is 0 Å². The fourth-order valence-electron chi connectivity index (χ4n) is 1.77. The molecule has 0 spiro atoms. The molecule has 1 fully saturated rings. The maximum Gasteiger partial charge on any atom is 0.257 e. The third kappa shape index (κ3) is 2.22. The smallest absolute Gasteiger partial charge is 0.257 e. The van der Waals surface area contributed by atoms with Crippen molar-refractivity contribution in [3.63, 3.8) is 0 Å². The third-order valence-electron chi connectivity index (χ3n) is 2.82. The highest BCUT2D eigenvalue weighted by Gasteiger charge is 2.25. The first-order valence-electron chi connectivity index (χ1n) is 5.45. The normalized spacial score (nSPS) is 19.8. The number of anilines is 1. The Kier molecular flexibility index (Phi) is 2.99. The van der Waals surface area contributed by atoms with E-state index in [2.05, 4.69) is 15.7 Å². The summed E-state index contributed by atoms with van der Waals surface area (Å²) in [6, 6.07) is -0.476. The molecule has 2 heterocycles. The lowest BCUT2D eigenvalue weighted by molar-refractivity contribution is -0.124. The maximum atomic E-state index is 11.9. The summed E-state index contributed by atoms with van der Waals surface area (Å²) in [6.45, 7) is 0.667. The zero-order valence-electron chi connectivity index (χ0n) is 9.56. The molecule has 0 bridgehead atoms. The topological polar surface area (TPSA) is 102 Å². The molecule has 4 N–H and O–H groups in total. The van der Waals surface area contributed by atoms with Crippen molar-refractivity contribution < 1.29 is 9.59 Å². The van der Waals surface area contributed by atoms with Gasteiger partial charge in [-0.15, -0.1) is 0 Å². The van der Waals surface area contributed by atoms with Gasteiger partial charge < -0.3 is 16.4 Å². The van der Waals surface area contributed by atoms with Gasteiger partial charge >= 0.3 is 0 Å². The number of nitrogens with two attached hydrogens (primary N) is 1. The number of carbonyl (C=O) groups excluding carboxylic acids is 2. The molecule has 2 rings (SSSR count). The lowest BCUT2D eigenvalue weighted by Crippen LogP contribution is -2.50. The standard InChI is InChI=1S/C10H15N5O2/c1-15-8(11)6(5-13-15)9(16)14-7-3-2-4-12-10(7)17/h5,7H,2-4,11H2,1H3,(H,12,17)(H,14,16). The molecule has 0 aliphatic carbocycles. The molecule has 1 atom stereocenters. The quantitative estimate of drug-likeness (QED) is 0.614. The van der Waals surface area contributed by atoms with Crippen molar-refractivity contribution in [3.8, 4) is 0 Å². The molecule has 1 aliphatic rings. The Labute approximate surface area is 98.4 Å². The molecule has 17 heavy (non-hydrogen) atoms. The Morgan fingerprint density at radius 2 is 2.47 bits per heavy atom. The molecule has 7 heteroatoms. The van der Waals surface area contributed by atoms with Gasteiger partial charge in [0.1, 0.15) is 17.4 Å². The van der Waals surface area contributed by atoms with Gasteiger partial charge in [-0.25, -0.2) is 0 Å². The van der Waals surface area contributed by atoms with Crippen LogP contribution in [-0.4, -0.2) is 34.2 Å². The van der Waals surface area contributed by atoms with Crippen molar-refractivity contribution in [3.05, 3.63) is 11.8 Å². The van der Waals surface area contributed by atoms with E-state index in [1.165, 1.54) is 10.9 Å². The predicted octanol–water partition coefficient (Wildman–Crippen LogP) is -0.989. The second kappa shape index (κ2) is 4.44. The minimum Gasteiger partial charge on any atom is -0.383 e. The van der Waals surface area contributed by atoms with Crippen LogP contribution in [0.5, 0.6) is 0 Å². The molecule has 0 radical (unpaired) electrons. The number of rotatable bonds is 2. The van der Waals surface area contributed by atoms with E-state index in [1.54, 1.807) is 7.05 Å². The van der Waals surface area contributed by atoms with E-state index < -0.39 is 6.04 Å². The molecule has 1 aliphatic heterocycles. The van der Waals surface area contributed by atoms with Gasteiger partial charge in [-0.05, 0) is 12.8 Å². The van der Waals surface area contributed by atoms with Crippen LogP contribution in [0.1, 0.15) is 23.2 Å². The second-order valence-electron chi connectivity index (χ2n) is 4.03. The maximum absolute atomic E-state index is 11.9. The number of amides is 2. The highest BCUT2D eigenvalue weighted by Crippen LogP contribution is 2.10. The van der Waals surface area contributed by atoms with Crippen molar-refractivity contribution in [2.75, 3.05) is 12.3 Å². The fraction of sp³-hybridized carbons (Fsp3) is 0.500. The first kappa shape index (κ1) is 11.4. The summed E-state index contributed by atoms with van der Waals surface area (Å²) in [5.74, 6) is -0.219. The molecule has 1 saturated heterocycles. The Morgan fingerprint density at radius 3 is 3.06 bits per heavy atom. The van der Waals surface area contributed by atoms with Gasteiger partial charge in [-0.1, -0.05) is 0 Å². The summed E-state index contributed by atoms with van der Waals surface area (Å²) < 4.78 is 1.41. The number of nitrogen functional groups attached to an aromatic ring is 1. The number of nitrogens with zero attached hydrogens (tertiary/aromatic N) is 2. The van der Waals surface area contributed by atoms with Crippen LogP contribution in [-0.2, 0) is 11.8 Å². The fourth-order valence-corrected chi connectivity index (χ4v) is 1.77. The van der Waals surface area contributed by atoms with Crippen molar-refractivity contribution >= 4 is 17.6 Å². The largest absolute Gasteiger partial charge is 0.383 e. The van der Waals surface area contributed by atoms with E-state index >= 15 is 0 Å². The van der Waals surface area contributed by atoms with E-state index in [1.807, 2.05) is 0 Å². The van der Waals surface area contributed by atoms with E-state index in [4.69, 9.17) is 5.73 Å². The average molecular weight is 237 g/mol. The van der Waals surface area contributed by atoms with Crippen molar-refractivity contribution in [1.29, 1.82) is 0 Å². The van der Waals surface area contributed by atoms with Crippen LogP contribution in [0.4, 0.5) is 5.82 Å². The minimum atomic E-state index is -0.476. The van der Waals surface area contributed by atoms with Gasteiger partial charge in [0.05, 0.1) is 6.20 Å². The summed E-state index contributed by atoms with van der Waals surface area (Å²) in [5, 5.41) is 9.24. The number of carbonyl (C=O) groups is 2. The Morgan fingerprint density at radius 1 is 1.71 bits per heavy atom. The number of aromatic nitrogens is 2. The molecule has 7 nitrogen and oxygen atoms in total. The van der Waals surface area contributed by atoms with Gasteiger partial charge in [-0.2, -0.15) is 5.10 Å². The van der Waals surface area contributed by atoms with Gasteiger partial charge in [0.25, 0.3) is 5.91 Å². The minimum absolute atomic E-state index is 0.146. The van der Waals surface area contributed by atoms with E-state index in [0.717, 1.165) is 6.42 Å². The Bertz CT molecular complexity index is 454. The monoisotopic (exact) mass is 237 g/mol. The van der Waals surface area contributed by atoms with E-state index in [-0.39, 0.29) is 11.8 Å². The summed E-state index contributed by atoms with van der Waals surface area (Å²) in [7, 11) is 1.65. The van der Waals surface area contributed by atoms with Crippen molar-refractivity contribution in [2.24, 2.45) is 7.05 Å². The zero-order valence-corrected chi connectivity index (χ0v) is 9.56. The molecule has 0 saturated carbocycles. The highest BCUT2D eigenvalue weighted by molar-refractivity contribution is 6.00. The molecule has 1 unspecified atom stereocenters. The number of hydrogen-bond acceptors (Lipinski definition) is 4. The first-order valence-corrected chi connectivity index (χ1v) is 5.45. The zero-order chi connectivity index (χ0) is 12.4. The Hall–Kier alpha value is -2.05. The number of nitrogens with one attached hydrogen (secondary N) is 2. The summed E-state index contributed by atoms with van der Waals surface area (Å²) in [4.78, 5) is 23.3. The van der Waals surface area contributed by atoms with Crippen LogP contribution in [0, 0.1) is 0 Å². The molecule has 0 aromatic carbocycles. The van der Waals surface area contributed by atoms with E-state index in [9.17, 15) is 9.59 Å². The predicted molar refractivity (Wildman–Crippen MR) is 61.1 cm³/mol. The third-order valence-corrected chi connectivity index (χ3v) is 2.82. The van der Waals surface area contributed by atoms with Gasteiger partial charge in [0.2, 0.25) is 5.91 Å². The molecule has 2 amide bonds. The number of hydrogen-bond donors (Lipinski definition) is 3. The Balaban J connectivity index is 2.06. The van der Waals surface area contributed by atoms with Crippen LogP contribution < -0.4 is 16.4 Å². The lowest BCUT2D eigenvalue weighted by Gasteiger charge is -2.22. The molecule has 92 valence electrons. The summed E-state index contributed by atoms with van der Waals surface area (Å²) in [6.07, 6.45) is 2.91. The number of piperidine rings is 1.